The first kappa shape index (κ1) is 12.4. The van der Waals surface area contributed by atoms with Gasteiger partial charge in [-0.15, -0.1) is 0 Å². The van der Waals surface area contributed by atoms with Crippen molar-refractivity contribution in [1.29, 1.82) is 0 Å². The summed E-state index contributed by atoms with van der Waals surface area (Å²) in [6, 6.07) is 5.34. The Bertz CT molecular complexity index is 388. The fourth-order valence-electron chi connectivity index (χ4n) is 2.14. The highest BCUT2D eigenvalue weighted by Crippen LogP contribution is 2.34. The number of hydrogen-bond donors (Lipinski definition) is 1. The van der Waals surface area contributed by atoms with Crippen molar-refractivity contribution < 1.29 is 9.50 Å². The van der Waals surface area contributed by atoms with E-state index in [1.807, 2.05) is 6.07 Å². The lowest BCUT2D eigenvalue weighted by Crippen LogP contribution is -2.33. The first-order valence-electron chi connectivity index (χ1n) is 6.28. The zero-order valence-electron chi connectivity index (χ0n) is 10.5. The summed E-state index contributed by atoms with van der Waals surface area (Å²) in [6.45, 7) is 4.94. The fourth-order valence-corrected chi connectivity index (χ4v) is 2.14. The smallest absolute Gasteiger partial charge is 0.130 e. The molecule has 0 bridgehead atoms. The second-order valence-electron chi connectivity index (χ2n) is 5.09. The van der Waals surface area contributed by atoms with Crippen molar-refractivity contribution in [1.82, 2.24) is 0 Å². The first-order valence-corrected chi connectivity index (χ1v) is 6.28. The van der Waals surface area contributed by atoms with Gasteiger partial charge < -0.3 is 10.0 Å². The minimum Gasteiger partial charge on any atom is -0.391 e. The molecule has 0 saturated heterocycles. The largest absolute Gasteiger partial charge is 0.391 e. The zero-order valence-corrected chi connectivity index (χ0v) is 10.5. The van der Waals surface area contributed by atoms with E-state index in [1.165, 1.54) is 18.9 Å². The van der Waals surface area contributed by atoms with Crippen molar-refractivity contribution in [3.8, 4) is 0 Å². The number of benzene rings is 1. The Kier molecular flexibility index (Phi) is 3.67. The predicted octanol–water partition coefficient (Wildman–Crippen LogP) is 2.94. The third-order valence-corrected chi connectivity index (χ3v) is 3.34. The summed E-state index contributed by atoms with van der Waals surface area (Å²) in [7, 11) is 0. The van der Waals surface area contributed by atoms with Crippen LogP contribution >= 0.6 is 0 Å². The molecule has 17 heavy (non-hydrogen) atoms. The van der Waals surface area contributed by atoms with Crippen LogP contribution in [-0.4, -0.2) is 17.7 Å². The van der Waals surface area contributed by atoms with Crippen LogP contribution in [0.3, 0.4) is 0 Å². The van der Waals surface area contributed by atoms with Gasteiger partial charge in [-0.05, 0) is 44.7 Å². The molecule has 1 aromatic carbocycles. The van der Waals surface area contributed by atoms with Gasteiger partial charge in [0, 0.05) is 23.8 Å². The van der Waals surface area contributed by atoms with E-state index < -0.39 is 0 Å². The lowest BCUT2D eigenvalue weighted by molar-refractivity contribution is 0.275. The average Bonchev–Trinajstić information content (AvgIpc) is 3.09. The quantitative estimate of drug-likeness (QED) is 0.851. The minimum atomic E-state index is -0.313. The Hall–Kier alpha value is -1.09. The standard InChI is InChI=1S/C14H20FNO/c1-10(2)16(8-11-6-7-11)14-5-3-4-13(15)12(14)9-17/h3-5,10-11,17H,6-9H2,1-2H3. The lowest BCUT2D eigenvalue weighted by atomic mass is 10.1. The maximum atomic E-state index is 13.6. The molecule has 0 radical (unpaired) electrons. The SMILES string of the molecule is CC(C)N(CC1CC1)c1cccc(F)c1CO. The van der Waals surface area contributed by atoms with Gasteiger partial charge in [0.1, 0.15) is 5.82 Å². The number of anilines is 1. The number of rotatable bonds is 5. The van der Waals surface area contributed by atoms with Crippen molar-refractivity contribution in [2.75, 3.05) is 11.4 Å². The molecule has 2 nitrogen and oxygen atoms in total. The minimum absolute atomic E-state index is 0.240. The predicted molar refractivity (Wildman–Crippen MR) is 67.5 cm³/mol. The Morgan fingerprint density at radius 2 is 2.12 bits per heavy atom. The molecule has 1 aromatic rings. The second kappa shape index (κ2) is 5.05. The third-order valence-electron chi connectivity index (χ3n) is 3.34. The number of halogens is 1. The molecule has 1 aliphatic rings. The molecule has 0 amide bonds. The van der Waals surface area contributed by atoms with E-state index in [2.05, 4.69) is 18.7 Å². The normalized spacial score (nSPS) is 15.4. The summed E-state index contributed by atoms with van der Waals surface area (Å²) in [4.78, 5) is 2.20. The van der Waals surface area contributed by atoms with Gasteiger partial charge in [0.05, 0.1) is 6.61 Å². The van der Waals surface area contributed by atoms with Crippen LogP contribution in [0.15, 0.2) is 18.2 Å². The second-order valence-corrected chi connectivity index (χ2v) is 5.09. The molecule has 0 spiro atoms. The summed E-state index contributed by atoms with van der Waals surface area (Å²) in [5, 5.41) is 9.31. The summed E-state index contributed by atoms with van der Waals surface area (Å²) in [5.74, 6) is 0.429. The average molecular weight is 237 g/mol. The van der Waals surface area contributed by atoms with Crippen molar-refractivity contribution in [3.05, 3.63) is 29.6 Å². The van der Waals surface area contributed by atoms with E-state index >= 15 is 0 Å². The summed E-state index contributed by atoms with van der Waals surface area (Å²) < 4.78 is 13.6. The molecule has 0 aromatic heterocycles. The van der Waals surface area contributed by atoms with Crippen molar-refractivity contribution >= 4 is 5.69 Å². The number of nitrogens with zero attached hydrogens (tertiary/aromatic N) is 1. The van der Waals surface area contributed by atoms with Gasteiger partial charge in [0.15, 0.2) is 0 Å². The molecular formula is C14H20FNO. The van der Waals surface area contributed by atoms with Crippen LogP contribution < -0.4 is 4.90 Å². The van der Waals surface area contributed by atoms with Gasteiger partial charge in [-0.3, -0.25) is 0 Å². The van der Waals surface area contributed by atoms with E-state index in [0.29, 0.717) is 11.6 Å². The number of hydrogen-bond acceptors (Lipinski definition) is 2. The monoisotopic (exact) mass is 237 g/mol. The van der Waals surface area contributed by atoms with Gasteiger partial charge in [-0.25, -0.2) is 4.39 Å². The lowest BCUT2D eigenvalue weighted by Gasteiger charge is -2.31. The van der Waals surface area contributed by atoms with Crippen LogP contribution in [-0.2, 0) is 6.61 Å². The van der Waals surface area contributed by atoms with Crippen LogP contribution in [0.5, 0.6) is 0 Å². The Balaban J connectivity index is 2.30. The highest BCUT2D eigenvalue weighted by atomic mass is 19.1. The van der Waals surface area contributed by atoms with E-state index in [1.54, 1.807) is 6.07 Å². The maximum Gasteiger partial charge on any atom is 0.130 e. The Labute approximate surface area is 102 Å². The van der Waals surface area contributed by atoms with E-state index in [4.69, 9.17) is 0 Å². The molecule has 3 heteroatoms. The van der Waals surface area contributed by atoms with Gasteiger partial charge in [0.2, 0.25) is 0 Å². The molecule has 0 aliphatic heterocycles. The summed E-state index contributed by atoms with van der Waals surface area (Å²) >= 11 is 0. The van der Waals surface area contributed by atoms with Crippen LogP contribution in [0, 0.1) is 11.7 Å². The maximum absolute atomic E-state index is 13.6. The molecule has 0 heterocycles. The Morgan fingerprint density at radius 1 is 1.41 bits per heavy atom. The summed E-state index contributed by atoms with van der Waals surface area (Å²) in [6.07, 6.45) is 2.54. The molecule has 0 atom stereocenters. The highest BCUT2D eigenvalue weighted by Gasteiger charge is 2.27. The van der Waals surface area contributed by atoms with Crippen molar-refractivity contribution in [2.24, 2.45) is 5.92 Å². The molecular weight excluding hydrogens is 217 g/mol. The third kappa shape index (κ3) is 2.78. The molecule has 1 aliphatic carbocycles. The van der Waals surface area contributed by atoms with Gasteiger partial charge in [0.25, 0.3) is 0 Å². The first-order chi connectivity index (χ1) is 8.13. The van der Waals surface area contributed by atoms with E-state index in [-0.39, 0.29) is 12.4 Å². The van der Waals surface area contributed by atoms with E-state index in [0.717, 1.165) is 18.2 Å². The zero-order chi connectivity index (χ0) is 12.4. The summed E-state index contributed by atoms with van der Waals surface area (Å²) in [5.41, 5.74) is 1.26. The van der Waals surface area contributed by atoms with Crippen molar-refractivity contribution in [2.45, 2.75) is 39.3 Å². The molecule has 1 saturated carbocycles. The Morgan fingerprint density at radius 3 is 2.65 bits per heavy atom. The van der Waals surface area contributed by atoms with Crippen LogP contribution in [0.2, 0.25) is 0 Å². The van der Waals surface area contributed by atoms with Gasteiger partial charge in [-0.1, -0.05) is 6.07 Å². The number of aliphatic hydroxyl groups is 1. The fraction of sp³-hybridized carbons (Fsp3) is 0.571. The molecule has 0 unspecified atom stereocenters. The van der Waals surface area contributed by atoms with Crippen LogP contribution in [0.1, 0.15) is 32.3 Å². The topological polar surface area (TPSA) is 23.5 Å². The van der Waals surface area contributed by atoms with Gasteiger partial charge in [-0.2, -0.15) is 0 Å². The van der Waals surface area contributed by atoms with Crippen LogP contribution in [0.25, 0.3) is 0 Å². The van der Waals surface area contributed by atoms with E-state index in [9.17, 15) is 9.50 Å². The molecule has 1 fully saturated rings. The highest BCUT2D eigenvalue weighted by molar-refractivity contribution is 5.54. The van der Waals surface area contributed by atoms with Gasteiger partial charge >= 0.3 is 0 Å². The van der Waals surface area contributed by atoms with Crippen molar-refractivity contribution in [3.63, 3.8) is 0 Å². The molecule has 1 N–H and O–H groups in total. The number of aliphatic hydroxyl groups excluding tert-OH is 1. The molecule has 2 rings (SSSR count). The van der Waals surface area contributed by atoms with Crippen LogP contribution in [0.4, 0.5) is 10.1 Å². The molecule has 94 valence electrons.